The highest BCUT2D eigenvalue weighted by molar-refractivity contribution is 5.79. The molecule has 2 aliphatic heterocycles. The quantitative estimate of drug-likeness (QED) is 0.118. The van der Waals surface area contributed by atoms with Crippen molar-refractivity contribution in [3.63, 3.8) is 0 Å². The molecule has 2 saturated heterocycles. The Morgan fingerprint density at radius 1 is 0.848 bits per heavy atom. The predicted molar refractivity (Wildman–Crippen MR) is 181 cm³/mol. The van der Waals surface area contributed by atoms with Gasteiger partial charge in [0.25, 0.3) is 0 Å². The Morgan fingerprint density at radius 3 is 2.04 bits per heavy atom. The number of aliphatic hydroxyl groups excluding tert-OH is 1. The zero-order valence-electron chi connectivity index (χ0n) is 29.7. The number of methoxy groups -OCH3 is 1. The van der Waals surface area contributed by atoms with Crippen molar-refractivity contribution in [2.45, 2.75) is 186 Å². The average Bonchev–Trinajstić information content (AvgIpc) is 3.36. The van der Waals surface area contributed by atoms with E-state index in [2.05, 4.69) is 6.92 Å². The number of hydrogen-bond donors (Lipinski definition) is 1. The first-order chi connectivity index (χ1) is 22.0. The summed E-state index contributed by atoms with van der Waals surface area (Å²) in [5, 5.41) is 11.0. The fraction of sp³-hybridized carbons (Fsp3) is 0.816. The van der Waals surface area contributed by atoms with Crippen LogP contribution in [-0.2, 0) is 35.1 Å². The summed E-state index contributed by atoms with van der Waals surface area (Å²) in [7, 11) is 1.63. The lowest BCUT2D eigenvalue weighted by atomic mass is 9.95. The molecular weight excluding hydrogens is 584 g/mol. The molecule has 0 unspecified atom stereocenters. The Labute approximate surface area is 279 Å². The molecule has 1 aromatic rings. The molecule has 2 aliphatic rings. The van der Waals surface area contributed by atoms with Gasteiger partial charge in [0.1, 0.15) is 17.6 Å². The number of Topliss-reactive ketones (excluding diaryl/α,β-unsaturated/α-hetero) is 1. The third-order valence-corrected chi connectivity index (χ3v) is 9.05. The lowest BCUT2D eigenvalue weighted by molar-refractivity contribution is -0.303. The van der Waals surface area contributed by atoms with Crippen molar-refractivity contribution < 1.29 is 38.3 Å². The highest BCUT2D eigenvalue weighted by atomic mass is 16.7. The van der Waals surface area contributed by atoms with Gasteiger partial charge in [-0.15, -0.1) is 0 Å². The highest BCUT2D eigenvalue weighted by Gasteiger charge is 2.40. The van der Waals surface area contributed by atoms with Crippen molar-refractivity contribution in [2.24, 2.45) is 0 Å². The van der Waals surface area contributed by atoms with E-state index in [1.54, 1.807) is 7.11 Å². The average molecular weight is 649 g/mol. The van der Waals surface area contributed by atoms with Crippen LogP contribution in [0.2, 0.25) is 0 Å². The van der Waals surface area contributed by atoms with Crippen LogP contribution in [0, 0.1) is 0 Å². The largest absolute Gasteiger partial charge is 0.497 e. The van der Waals surface area contributed by atoms with Gasteiger partial charge in [0.15, 0.2) is 11.6 Å². The molecule has 0 aromatic heterocycles. The van der Waals surface area contributed by atoms with Crippen molar-refractivity contribution in [1.29, 1.82) is 0 Å². The molecular formula is C38H64O8. The summed E-state index contributed by atoms with van der Waals surface area (Å²) in [6.07, 6.45) is 15.2. The van der Waals surface area contributed by atoms with Gasteiger partial charge in [-0.2, -0.15) is 0 Å². The lowest BCUT2D eigenvalue weighted by Gasteiger charge is -2.41. The second-order valence-electron chi connectivity index (χ2n) is 14.3. The minimum atomic E-state index is -0.798. The van der Waals surface area contributed by atoms with Crippen molar-refractivity contribution in [1.82, 2.24) is 0 Å². The first-order valence-electron chi connectivity index (χ1n) is 18.1. The normalized spacial score (nSPS) is 23.7. The van der Waals surface area contributed by atoms with E-state index in [1.165, 1.54) is 64.2 Å². The maximum absolute atomic E-state index is 13.2. The van der Waals surface area contributed by atoms with Crippen LogP contribution in [-0.4, -0.2) is 66.7 Å². The fourth-order valence-corrected chi connectivity index (χ4v) is 6.66. The molecule has 3 rings (SSSR count). The Balaban J connectivity index is 1.40. The van der Waals surface area contributed by atoms with Gasteiger partial charge in [0.2, 0.25) is 0 Å². The lowest BCUT2D eigenvalue weighted by Crippen LogP contribution is -2.45. The molecule has 0 bridgehead atoms. The second-order valence-corrected chi connectivity index (χ2v) is 14.3. The molecule has 2 fully saturated rings. The van der Waals surface area contributed by atoms with E-state index >= 15 is 0 Å². The monoisotopic (exact) mass is 648 g/mol. The number of rotatable bonds is 23. The summed E-state index contributed by atoms with van der Waals surface area (Å²) in [6.45, 7) is 10.6. The van der Waals surface area contributed by atoms with Crippen molar-refractivity contribution in [3.8, 4) is 5.75 Å². The van der Waals surface area contributed by atoms with Gasteiger partial charge in [0, 0.05) is 25.7 Å². The van der Waals surface area contributed by atoms with Crippen LogP contribution in [0.1, 0.15) is 143 Å². The summed E-state index contributed by atoms with van der Waals surface area (Å²) >= 11 is 0. The number of benzene rings is 1. The van der Waals surface area contributed by atoms with Gasteiger partial charge in [-0.1, -0.05) is 89.7 Å². The second kappa shape index (κ2) is 20.1. The highest BCUT2D eigenvalue weighted by Crippen LogP contribution is 2.32. The van der Waals surface area contributed by atoms with Gasteiger partial charge >= 0.3 is 0 Å². The summed E-state index contributed by atoms with van der Waals surface area (Å²) in [5.41, 5.74) is 0.971. The van der Waals surface area contributed by atoms with Crippen LogP contribution in [0.3, 0.4) is 0 Å². The van der Waals surface area contributed by atoms with Crippen LogP contribution in [0.25, 0.3) is 0 Å². The first-order valence-corrected chi connectivity index (χ1v) is 18.1. The minimum absolute atomic E-state index is 0.0454. The van der Waals surface area contributed by atoms with Crippen LogP contribution >= 0.6 is 0 Å². The Bertz CT molecular complexity index is 977. The maximum atomic E-state index is 13.2. The van der Waals surface area contributed by atoms with Gasteiger partial charge in [-0.3, -0.25) is 4.79 Å². The number of ether oxygens (including phenoxy) is 6. The van der Waals surface area contributed by atoms with E-state index in [9.17, 15) is 9.90 Å². The van der Waals surface area contributed by atoms with Crippen LogP contribution in [0.4, 0.5) is 0 Å². The molecule has 2 heterocycles. The first kappa shape index (κ1) is 38.9. The fourth-order valence-electron chi connectivity index (χ4n) is 6.66. The van der Waals surface area contributed by atoms with Crippen LogP contribution in [0.5, 0.6) is 5.75 Å². The molecule has 0 aliphatic carbocycles. The zero-order valence-corrected chi connectivity index (χ0v) is 29.7. The van der Waals surface area contributed by atoms with Gasteiger partial charge < -0.3 is 33.5 Å². The molecule has 8 nitrogen and oxygen atoms in total. The molecule has 1 aromatic carbocycles. The molecule has 0 saturated carbocycles. The molecule has 0 radical (unpaired) electrons. The van der Waals surface area contributed by atoms with Crippen LogP contribution < -0.4 is 4.74 Å². The molecule has 264 valence electrons. The number of ketones is 1. The van der Waals surface area contributed by atoms with Crippen LogP contribution in [0.15, 0.2) is 24.3 Å². The smallest absolute Gasteiger partial charge is 0.163 e. The van der Waals surface area contributed by atoms with Gasteiger partial charge in [-0.05, 0) is 51.8 Å². The van der Waals surface area contributed by atoms with E-state index in [1.807, 2.05) is 52.0 Å². The number of unbranched alkanes of at least 4 members (excludes halogenated alkanes) is 10. The summed E-state index contributed by atoms with van der Waals surface area (Å²) in [6, 6.07) is 7.65. The van der Waals surface area contributed by atoms with Crippen molar-refractivity contribution in [3.05, 3.63) is 29.8 Å². The maximum Gasteiger partial charge on any atom is 0.163 e. The molecule has 8 heteroatoms. The Kier molecular flexibility index (Phi) is 17.0. The van der Waals surface area contributed by atoms with Gasteiger partial charge in [0.05, 0.1) is 44.7 Å². The van der Waals surface area contributed by atoms with E-state index in [0.29, 0.717) is 19.6 Å². The predicted octanol–water partition coefficient (Wildman–Crippen LogP) is 8.44. The van der Waals surface area contributed by atoms with Crippen molar-refractivity contribution >= 4 is 5.78 Å². The zero-order chi connectivity index (χ0) is 33.4. The number of aliphatic hydroxyl groups is 1. The number of carbonyl (C=O) groups is 1. The van der Waals surface area contributed by atoms with Gasteiger partial charge in [-0.25, -0.2) is 0 Å². The topological polar surface area (TPSA) is 92.7 Å². The summed E-state index contributed by atoms with van der Waals surface area (Å²) in [5.74, 6) is -0.727. The Hall–Kier alpha value is -1.55. The molecule has 0 spiro atoms. The van der Waals surface area contributed by atoms with E-state index in [0.717, 1.165) is 30.6 Å². The summed E-state index contributed by atoms with van der Waals surface area (Å²) in [4.78, 5) is 13.2. The molecule has 0 amide bonds. The third-order valence-electron chi connectivity index (χ3n) is 9.05. The minimum Gasteiger partial charge on any atom is -0.497 e. The standard InChI is InChI=1S/C38H64O8/c1-7-8-9-10-11-12-13-14-15-16-17-18-33-26-34(45-38(4,5)44-33)24-30(39)23-31(40)25-35(36-28-43-37(2,3)46-36)42-27-29-19-21-32(41-6)22-20-29/h19-22,30,33-36,39H,7-18,23-28H2,1-6H3/t30-,33+,34-,35+,36+/m1/s1. The molecule has 5 atom stereocenters. The van der Waals surface area contributed by atoms with E-state index in [-0.39, 0.29) is 36.9 Å². The summed E-state index contributed by atoms with van der Waals surface area (Å²) < 4.78 is 35.7. The molecule has 1 N–H and O–H groups in total. The number of hydrogen-bond acceptors (Lipinski definition) is 8. The Morgan fingerprint density at radius 2 is 1.46 bits per heavy atom. The van der Waals surface area contributed by atoms with Crippen molar-refractivity contribution in [2.75, 3.05) is 13.7 Å². The third kappa shape index (κ3) is 15.1. The van der Waals surface area contributed by atoms with E-state index < -0.39 is 23.8 Å². The van der Waals surface area contributed by atoms with E-state index in [4.69, 9.17) is 28.4 Å². The number of carbonyl (C=O) groups excluding carboxylic acids is 1. The molecule has 46 heavy (non-hydrogen) atoms. The SMILES string of the molecule is CCCCCCCCCCCCC[C@H]1C[C@@H](C[C@H](O)CC(=O)C[C@H](OCc2ccc(OC)cc2)[C@@H]2COC(C)(C)O2)OC(C)(C)O1.